The molecule has 1 aliphatic heterocycles. The number of methoxy groups -OCH3 is 2. The lowest BCUT2D eigenvalue weighted by Crippen LogP contribution is -2.48. The minimum atomic E-state index is -1.69. The van der Waals surface area contributed by atoms with Crippen LogP contribution in [0.3, 0.4) is 0 Å². The highest BCUT2D eigenvalue weighted by molar-refractivity contribution is 5.60. The molecule has 1 heterocycles. The first-order valence-electron chi connectivity index (χ1n) is 11.4. The molecule has 2 aromatic carbocycles. The molecule has 0 saturated carbocycles. The average Bonchev–Trinajstić information content (AvgIpc) is 2.91. The zero-order valence-corrected chi connectivity index (χ0v) is 19.9. The molecule has 0 bridgehead atoms. The Balaban J connectivity index is 1.80. The quantitative estimate of drug-likeness (QED) is 0.691. The van der Waals surface area contributed by atoms with E-state index in [0.29, 0.717) is 24.6 Å². The second kappa shape index (κ2) is 9.94. The molecule has 0 radical (unpaired) electrons. The van der Waals surface area contributed by atoms with Gasteiger partial charge in [-0.25, -0.2) is 0 Å². The SMILES string of the molecule is COc1ccc([C@@H]2[C@@H]3CN(CCc4ccccc4)CC=C3C(C#N)=C(N)C2(C#N)C#N)cc1OC. The topological polar surface area (TPSA) is 119 Å². The summed E-state index contributed by atoms with van der Waals surface area (Å²) in [7, 11) is 3.10. The van der Waals surface area contributed by atoms with Crippen molar-refractivity contribution in [3.63, 3.8) is 0 Å². The van der Waals surface area contributed by atoms with Gasteiger partial charge in [0.15, 0.2) is 16.9 Å². The molecular weight excluding hydrogens is 438 g/mol. The van der Waals surface area contributed by atoms with E-state index in [9.17, 15) is 15.8 Å². The Morgan fingerprint density at radius 3 is 2.37 bits per heavy atom. The number of nitrogens with two attached hydrogens (primary N) is 1. The van der Waals surface area contributed by atoms with Gasteiger partial charge in [-0.2, -0.15) is 15.8 Å². The Morgan fingerprint density at radius 1 is 1.03 bits per heavy atom. The normalized spacial score (nSPS) is 21.1. The van der Waals surface area contributed by atoms with E-state index in [-0.39, 0.29) is 17.2 Å². The van der Waals surface area contributed by atoms with E-state index in [4.69, 9.17) is 15.2 Å². The van der Waals surface area contributed by atoms with Crippen LogP contribution < -0.4 is 15.2 Å². The number of allylic oxidation sites excluding steroid dienone is 2. The highest BCUT2D eigenvalue weighted by Gasteiger charge is 2.54. The van der Waals surface area contributed by atoms with Crippen molar-refractivity contribution < 1.29 is 9.47 Å². The van der Waals surface area contributed by atoms with E-state index in [1.165, 1.54) is 5.56 Å². The van der Waals surface area contributed by atoms with Crippen molar-refractivity contribution >= 4 is 0 Å². The largest absolute Gasteiger partial charge is 0.493 e. The molecule has 1 aliphatic carbocycles. The number of rotatable bonds is 6. The maximum absolute atomic E-state index is 10.3. The van der Waals surface area contributed by atoms with Gasteiger partial charge in [0.05, 0.1) is 37.6 Å². The molecule has 0 aromatic heterocycles. The van der Waals surface area contributed by atoms with E-state index in [1.807, 2.05) is 30.3 Å². The second-order valence-corrected chi connectivity index (χ2v) is 8.79. The molecule has 2 aromatic rings. The second-order valence-electron chi connectivity index (χ2n) is 8.79. The minimum Gasteiger partial charge on any atom is -0.493 e. The molecule has 7 heteroatoms. The fourth-order valence-electron chi connectivity index (χ4n) is 5.28. The molecule has 2 N–H and O–H groups in total. The summed E-state index contributed by atoms with van der Waals surface area (Å²) < 4.78 is 10.9. The highest BCUT2D eigenvalue weighted by Crippen LogP contribution is 2.54. The standard InChI is InChI=1S/C28H27N5O2/c1-34-24-9-8-20(14-25(24)35-2)26-23-16-33(12-10-19-6-4-3-5-7-19)13-11-21(23)22(15-29)27(32)28(26,17-30)18-31/h3-9,11,14,23,26H,10,12-13,16,32H2,1-2H3/t23-,26-/m1/s1. The number of ether oxygens (including phenoxy) is 2. The number of benzene rings is 2. The summed E-state index contributed by atoms with van der Waals surface area (Å²) in [6.07, 6.45) is 2.90. The molecule has 176 valence electrons. The van der Waals surface area contributed by atoms with Gasteiger partial charge in [0.25, 0.3) is 0 Å². The van der Waals surface area contributed by atoms with E-state index in [1.54, 1.807) is 26.4 Å². The zero-order valence-electron chi connectivity index (χ0n) is 19.9. The third-order valence-electron chi connectivity index (χ3n) is 7.07. The number of nitriles is 3. The molecule has 0 fully saturated rings. The summed E-state index contributed by atoms with van der Waals surface area (Å²) in [4.78, 5) is 2.30. The fraction of sp³-hybridized carbons (Fsp3) is 0.321. The van der Waals surface area contributed by atoms with E-state index >= 15 is 0 Å². The minimum absolute atomic E-state index is 0.0185. The molecule has 4 rings (SSSR count). The van der Waals surface area contributed by atoms with Crippen molar-refractivity contribution in [3.05, 3.63) is 82.6 Å². The van der Waals surface area contributed by atoms with Gasteiger partial charge >= 0.3 is 0 Å². The van der Waals surface area contributed by atoms with Gasteiger partial charge < -0.3 is 15.2 Å². The van der Waals surface area contributed by atoms with Gasteiger partial charge in [0.1, 0.15) is 6.07 Å². The lowest BCUT2D eigenvalue weighted by Gasteiger charge is -2.45. The lowest BCUT2D eigenvalue weighted by molar-refractivity contribution is 0.208. The molecule has 0 spiro atoms. The Hall–Kier alpha value is -4.25. The fourth-order valence-corrected chi connectivity index (χ4v) is 5.28. The predicted octanol–water partition coefficient (Wildman–Crippen LogP) is 3.67. The van der Waals surface area contributed by atoms with Crippen LogP contribution in [-0.2, 0) is 6.42 Å². The summed E-state index contributed by atoms with van der Waals surface area (Å²) in [6, 6.07) is 22.2. The highest BCUT2D eigenvalue weighted by atomic mass is 16.5. The van der Waals surface area contributed by atoms with Crippen LogP contribution in [0.4, 0.5) is 0 Å². The smallest absolute Gasteiger partial charge is 0.191 e. The summed E-state index contributed by atoms with van der Waals surface area (Å²) in [5.41, 5.74) is 7.80. The monoisotopic (exact) mass is 465 g/mol. The van der Waals surface area contributed by atoms with Crippen molar-refractivity contribution in [3.8, 4) is 29.7 Å². The Labute approximate surface area is 205 Å². The van der Waals surface area contributed by atoms with E-state index in [0.717, 1.165) is 24.1 Å². The zero-order chi connectivity index (χ0) is 25.0. The molecule has 2 atom stereocenters. The first-order valence-corrected chi connectivity index (χ1v) is 11.4. The predicted molar refractivity (Wildman–Crippen MR) is 131 cm³/mol. The molecule has 35 heavy (non-hydrogen) atoms. The van der Waals surface area contributed by atoms with E-state index in [2.05, 4.69) is 35.2 Å². The van der Waals surface area contributed by atoms with Crippen molar-refractivity contribution in [2.75, 3.05) is 33.9 Å². The lowest BCUT2D eigenvalue weighted by atomic mass is 9.58. The van der Waals surface area contributed by atoms with Crippen molar-refractivity contribution in [1.29, 1.82) is 15.8 Å². The van der Waals surface area contributed by atoms with Crippen molar-refractivity contribution in [2.24, 2.45) is 17.1 Å². The number of hydrogen-bond acceptors (Lipinski definition) is 7. The first kappa shape index (κ1) is 23.9. The third-order valence-corrected chi connectivity index (χ3v) is 7.07. The van der Waals surface area contributed by atoms with Crippen LogP contribution in [0.2, 0.25) is 0 Å². The summed E-state index contributed by atoms with van der Waals surface area (Å²) >= 11 is 0. The Bertz CT molecular complexity index is 1280. The summed E-state index contributed by atoms with van der Waals surface area (Å²) in [6.45, 7) is 2.08. The molecular formula is C28H27N5O2. The first-order chi connectivity index (χ1) is 17.0. The van der Waals surface area contributed by atoms with Crippen molar-refractivity contribution in [2.45, 2.75) is 12.3 Å². The third kappa shape index (κ3) is 4.10. The molecule has 0 saturated heterocycles. The number of hydrogen-bond donors (Lipinski definition) is 1. The summed E-state index contributed by atoms with van der Waals surface area (Å²) in [5.74, 6) is 0.210. The Morgan fingerprint density at radius 2 is 1.74 bits per heavy atom. The van der Waals surface area contributed by atoms with Gasteiger partial charge in [-0.15, -0.1) is 0 Å². The Kier molecular flexibility index (Phi) is 6.78. The van der Waals surface area contributed by atoms with Crippen LogP contribution in [0.15, 0.2) is 71.5 Å². The van der Waals surface area contributed by atoms with Gasteiger partial charge in [0, 0.05) is 31.5 Å². The van der Waals surface area contributed by atoms with Crippen molar-refractivity contribution in [1.82, 2.24) is 4.90 Å². The van der Waals surface area contributed by atoms with Crippen LogP contribution in [0.5, 0.6) is 11.5 Å². The van der Waals surface area contributed by atoms with Crippen LogP contribution in [0.25, 0.3) is 0 Å². The maximum Gasteiger partial charge on any atom is 0.191 e. The van der Waals surface area contributed by atoms with Gasteiger partial charge in [-0.1, -0.05) is 42.5 Å². The van der Waals surface area contributed by atoms with Gasteiger partial charge in [-0.05, 0) is 35.3 Å². The van der Waals surface area contributed by atoms with Gasteiger partial charge in [-0.3, -0.25) is 4.90 Å². The molecule has 7 nitrogen and oxygen atoms in total. The van der Waals surface area contributed by atoms with Gasteiger partial charge in [0.2, 0.25) is 0 Å². The van der Waals surface area contributed by atoms with Crippen LogP contribution >= 0.6 is 0 Å². The van der Waals surface area contributed by atoms with Crippen LogP contribution in [-0.4, -0.2) is 38.8 Å². The number of fused-ring (bicyclic) bond motifs is 1. The molecule has 0 amide bonds. The number of nitrogens with zero attached hydrogens (tertiary/aromatic N) is 4. The van der Waals surface area contributed by atoms with Crippen LogP contribution in [0.1, 0.15) is 17.0 Å². The average molecular weight is 466 g/mol. The summed E-state index contributed by atoms with van der Waals surface area (Å²) in [5, 5.41) is 30.6. The van der Waals surface area contributed by atoms with Crippen LogP contribution in [0, 0.1) is 45.3 Å². The van der Waals surface area contributed by atoms with E-state index < -0.39 is 11.3 Å². The molecule has 0 unspecified atom stereocenters. The molecule has 2 aliphatic rings. The maximum atomic E-state index is 10.3.